The fourth-order valence-electron chi connectivity index (χ4n) is 3.42. The van der Waals surface area contributed by atoms with Crippen LogP contribution in [0.4, 0.5) is 0 Å². The Labute approximate surface area is 202 Å². The predicted octanol–water partition coefficient (Wildman–Crippen LogP) is 4.09. The van der Waals surface area contributed by atoms with Gasteiger partial charge in [0.2, 0.25) is 0 Å². The Morgan fingerprint density at radius 3 is 2.65 bits per heavy atom. The maximum atomic E-state index is 6.09. The minimum atomic E-state index is 0. The van der Waals surface area contributed by atoms with E-state index in [-0.39, 0.29) is 30.1 Å². The molecule has 1 saturated heterocycles. The molecule has 0 aliphatic carbocycles. The molecule has 0 bridgehead atoms. The molecule has 2 N–H and O–H groups in total. The molecule has 2 aromatic rings. The summed E-state index contributed by atoms with van der Waals surface area (Å²) in [7, 11) is 3.46. The summed E-state index contributed by atoms with van der Waals surface area (Å²) in [6.45, 7) is 4.96. The standard InChI is InChI=1S/C24H33N3O3.HI/c1-18-6-9-20(23(15-18)30-17-22-5-4-14-29-22)16-27-24(25-2)26-13-12-19-7-10-21(28-3)11-8-19;/h6-11,15,22H,4-5,12-14,16-17H2,1-3H3,(H2,25,26,27);1H. The van der Waals surface area contributed by atoms with Crippen molar-refractivity contribution in [3.63, 3.8) is 0 Å². The monoisotopic (exact) mass is 539 g/mol. The molecule has 0 amide bonds. The molecule has 1 fully saturated rings. The first-order valence-electron chi connectivity index (χ1n) is 10.6. The summed E-state index contributed by atoms with van der Waals surface area (Å²) < 4.78 is 17.0. The highest BCUT2D eigenvalue weighted by molar-refractivity contribution is 14.0. The Balaban J connectivity index is 0.00000341. The highest BCUT2D eigenvalue weighted by atomic mass is 127. The van der Waals surface area contributed by atoms with Gasteiger partial charge in [0.1, 0.15) is 18.1 Å². The van der Waals surface area contributed by atoms with Crippen LogP contribution in [-0.2, 0) is 17.7 Å². The highest BCUT2D eigenvalue weighted by Gasteiger charge is 2.17. The number of methoxy groups -OCH3 is 1. The first-order valence-corrected chi connectivity index (χ1v) is 10.6. The van der Waals surface area contributed by atoms with Crippen molar-refractivity contribution in [1.29, 1.82) is 0 Å². The third-order valence-corrected chi connectivity index (χ3v) is 5.21. The fourth-order valence-corrected chi connectivity index (χ4v) is 3.42. The van der Waals surface area contributed by atoms with Crippen LogP contribution in [0.1, 0.15) is 29.5 Å². The van der Waals surface area contributed by atoms with Crippen molar-refractivity contribution in [2.45, 2.75) is 38.8 Å². The summed E-state index contributed by atoms with van der Waals surface area (Å²) in [6, 6.07) is 14.4. The van der Waals surface area contributed by atoms with Gasteiger partial charge in [0.05, 0.1) is 13.2 Å². The second-order valence-corrected chi connectivity index (χ2v) is 7.51. The van der Waals surface area contributed by atoms with Gasteiger partial charge in [-0.1, -0.05) is 24.3 Å². The minimum Gasteiger partial charge on any atom is -0.497 e. The minimum absolute atomic E-state index is 0. The number of halogens is 1. The van der Waals surface area contributed by atoms with Gasteiger partial charge in [0.15, 0.2) is 5.96 Å². The second kappa shape index (κ2) is 13.4. The third-order valence-electron chi connectivity index (χ3n) is 5.21. The SMILES string of the molecule is CN=C(NCCc1ccc(OC)cc1)NCc1ccc(C)cc1OCC1CCCO1.I. The van der Waals surface area contributed by atoms with E-state index in [2.05, 4.69) is 52.9 Å². The van der Waals surface area contributed by atoms with Gasteiger partial charge in [-0.05, 0) is 55.5 Å². The van der Waals surface area contributed by atoms with Crippen LogP contribution >= 0.6 is 24.0 Å². The summed E-state index contributed by atoms with van der Waals surface area (Å²) in [4.78, 5) is 4.33. The van der Waals surface area contributed by atoms with Gasteiger partial charge >= 0.3 is 0 Å². The molecule has 0 radical (unpaired) electrons. The molecule has 1 unspecified atom stereocenters. The molecular weight excluding hydrogens is 505 g/mol. The molecule has 0 spiro atoms. The van der Waals surface area contributed by atoms with E-state index in [9.17, 15) is 0 Å². The Hall–Kier alpha value is -2.00. The largest absolute Gasteiger partial charge is 0.497 e. The Morgan fingerprint density at radius 2 is 1.97 bits per heavy atom. The van der Waals surface area contributed by atoms with Crippen LogP contribution in [0.2, 0.25) is 0 Å². The predicted molar refractivity (Wildman–Crippen MR) is 136 cm³/mol. The molecule has 0 saturated carbocycles. The normalized spacial score (nSPS) is 15.8. The van der Waals surface area contributed by atoms with Gasteiger partial charge < -0.3 is 24.8 Å². The zero-order valence-electron chi connectivity index (χ0n) is 18.6. The van der Waals surface area contributed by atoms with Crippen LogP contribution in [0.15, 0.2) is 47.5 Å². The van der Waals surface area contributed by atoms with Crippen LogP contribution in [0.25, 0.3) is 0 Å². The molecule has 6 nitrogen and oxygen atoms in total. The van der Waals surface area contributed by atoms with E-state index in [1.165, 1.54) is 11.1 Å². The van der Waals surface area contributed by atoms with E-state index in [1.807, 2.05) is 12.1 Å². The summed E-state index contributed by atoms with van der Waals surface area (Å²) in [6.07, 6.45) is 3.31. The number of nitrogens with one attached hydrogen (secondary N) is 2. The lowest BCUT2D eigenvalue weighted by molar-refractivity contribution is 0.0676. The molecule has 1 aliphatic heterocycles. The van der Waals surface area contributed by atoms with Crippen molar-refractivity contribution < 1.29 is 14.2 Å². The van der Waals surface area contributed by atoms with Gasteiger partial charge in [-0.2, -0.15) is 0 Å². The van der Waals surface area contributed by atoms with Crippen LogP contribution in [0.3, 0.4) is 0 Å². The van der Waals surface area contributed by atoms with Gasteiger partial charge in [-0.25, -0.2) is 0 Å². The quantitative estimate of drug-likeness (QED) is 0.286. The summed E-state index contributed by atoms with van der Waals surface area (Å²) in [5.41, 5.74) is 3.54. The topological polar surface area (TPSA) is 64.1 Å². The van der Waals surface area contributed by atoms with Crippen molar-refractivity contribution in [2.24, 2.45) is 4.99 Å². The van der Waals surface area contributed by atoms with Crippen molar-refractivity contribution in [3.05, 3.63) is 59.2 Å². The van der Waals surface area contributed by atoms with Gasteiger partial charge in [-0.3, -0.25) is 4.99 Å². The van der Waals surface area contributed by atoms with Crippen molar-refractivity contribution in [3.8, 4) is 11.5 Å². The molecule has 31 heavy (non-hydrogen) atoms. The number of hydrogen-bond acceptors (Lipinski definition) is 4. The maximum Gasteiger partial charge on any atom is 0.191 e. The number of ether oxygens (including phenoxy) is 3. The van der Waals surface area contributed by atoms with E-state index in [1.54, 1.807) is 14.2 Å². The lowest BCUT2D eigenvalue weighted by Gasteiger charge is -2.17. The number of nitrogens with zero attached hydrogens (tertiary/aromatic N) is 1. The van der Waals surface area contributed by atoms with Crippen LogP contribution in [-0.4, -0.2) is 46.0 Å². The van der Waals surface area contributed by atoms with E-state index in [0.29, 0.717) is 13.2 Å². The number of aliphatic imine (C=N–C) groups is 1. The van der Waals surface area contributed by atoms with E-state index >= 15 is 0 Å². The molecule has 2 aromatic carbocycles. The van der Waals surface area contributed by atoms with Crippen molar-refractivity contribution in [1.82, 2.24) is 10.6 Å². The lowest BCUT2D eigenvalue weighted by Crippen LogP contribution is -2.38. The number of aryl methyl sites for hydroxylation is 1. The molecule has 3 rings (SSSR count). The average molecular weight is 539 g/mol. The van der Waals surface area contributed by atoms with Crippen LogP contribution < -0.4 is 20.1 Å². The summed E-state index contributed by atoms with van der Waals surface area (Å²) >= 11 is 0. The molecule has 1 heterocycles. The summed E-state index contributed by atoms with van der Waals surface area (Å²) in [5, 5.41) is 6.76. The van der Waals surface area contributed by atoms with Crippen molar-refractivity contribution >= 4 is 29.9 Å². The van der Waals surface area contributed by atoms with Crippen LogP contribution in [0.5, 0.6) is 11.5 Å². The highest BCUT2D eigenvalue weighted by Crippen LogP contribution is 2.22. The number of hydrogen-bond donors (Lipinski definition) is 2. The molecule has 1 atom stereocenters. The summed E-state index contributed by atoms with van der Waals surface area (Å²) in [5.74, 6) is 2.56. The Kier molecular flexibility index (Phi) is 10.9. The lowest BCUT2D eigenvalue weighted by atomic mass is 10.1. The molecular formula is C24H34IN3O3. The Morgan fingerprint density at radius 1 is 1.16 bits per heavy atom. The van der Waals surface area contributed by atoms with Gasteiger partial charge in [0.25, 0.3) is 0 Å². The first kappa shape index (κ1) is 25.3. The fraction of sp³-hybridized carbons (Fsp3) is 0.458. The second-order valence-electron chi connectivity index (χ2n) is 7.51. The zero-order chi connectivity index (χ0) is 21.2. The first-order chi connectivity index (χ1) is 14.7. The smallest absolute Gasteiger partial charge is 0.191 e. The van der Waals surface area contributed by atoms with E-state index < -0.39 is 0 Å². The average Bonchev–Trinajstić information content (AvgIpc) is 3.29. The van der Waals surface area contributed by atoms with Gasteiger partial charge in [-0.15, -0.1) is 24.0 Å². The molecule has 0 aromatic heterocycles. The van der Waals surface area contributed by atoms with E-state index in [0.717, 1.165) is 55.4 Å². The maximum absolute atomic E-state index is 6.09. The zero-order valence-corrected chi connectivity index (χ0v) is 21.0. The number of guanidine groups is 1. The van der Waals surface area contributed by atoms with Gasteiger partial charge in [0, 0.05) is 32.3 Å². The number of rotatable bonds is 9. The Bertz CT molecular complexity index is 821. The third kappa shape index (κ3) is 8.22. The molecule has 170 valence electrons. The molecule has 7 heteroatoms. The number of benzene rings is 2. The van der Waals surface area contributed by atoms with Crippen molar-refractivity contribution in [2.75, 3.05) is 33.9 Å². The molecule has 1 aliphatic rings. The van der Waals surface area contributed by atoms with Crippen LogP contribution in [0, 0.1) is 6.92 Å². The van der Waals surface area contributed by atoms with E-state index in [4.69, 9.17) is 14.2 Å².